The Hall–Kier alpha value is -0.140. The summed E-state index contributed by atoms with van der Waals surface area (Å²) in [6.45, 7) is 2.11. The molecule has 1 saturated carbocycles. The Morgan fingerprint density at radius 3 is 2.29 bits per heavy atom. The molecule has 0 radical (unpaired) electrons. The number of hydrogen-bond acceptors (Lipinski definition) is 5. The summed E-state index contributed by atoms with van der Waals surface area (Å²) in [4.78, 5) is 10.7. The fourth-order valence-electron chi connectivity index (χ4n) is 2.06. The van der Waals surface area contributed by atoms with Crippen molar-refractivity contribution >= 4 is 28.5 Å². The molecule has 0 aliphatic heterocycles. The third-order valence-corrected chi connectivity index (χ3v) is 4.89. The van der Waals surface area contributed by atoms with Crippen molar-refractivity contribution in [2.45, 2.75) is 76.4 Å². The van der Waals surface area contributed by atoms with E-state index in [0.29, 0.717) is 12.2 Å². The van der Waals surface area contributed by atoms with Crippen LogP contribution in [0.4, 0.5) is 4.53 Å². The lowest BCUT2D eigenvalue weighted by Gasteiger charge is -2.13. The summed E-state index contributed by atoms with van der Waals surface area (Å²) < 4.78 is 35.1. The molecule has 1 aliphatic rings. The summed E-state index contributed by atoms with van der Waals surface area (Å²) in [6.07, 6.45) is 9.77. The number of rotatable bonds is 8. The number of halogens is 1. The van der Waals surface area contributed by atoms with E-state index >= 15 is 0 Å². The van der Waals surface area contributed by atoms with Crippen LogP contribution in [0.1, 0.15) is 71.1 Å². The predicted molar refractivity (Wildman–Crippen MR) is 85.6 cm³/mol. The highest BCUT2D eigenvalue weighted by Crippen LogP contribution is 2.18. The first-order valence-corrected chi connectivity index (χ1v) is 9.76. The van der Waals surface area contributed by atoms with Crippen molar-refractivity contribution in [3.8, 4) is 0 Å². The van der Waals surface area contributed by atoms with Gasteiger partial charge in [-0.1, -0.05) is 49.8 Å². The summed E-state index contributed by atoms with van der Waals surface area (Å²) in [5.74, 6) is 0.120. The van der Waals surface area contributed by atoms with Gasteiger partial charge in [0, 0.05) is 6.42 Å². The third-order valence-electron chi connectivity index (χ3n) is 3.37. The highest BCUT2D eigenvalue weighted by molar-refractivity contribution is 7.86. The summed E-state index contributed by atoms with van der Waals surface area (Å²) in [5.41, 5.74) is 0. The van der Waals surface area contributed by atoms with Gasteiger partial charge in [0.25, 0.3) is 10.1 Å². The van der Waals surface area contributed by atoms with Gasteiger partial charge in [-0.05, 0) is 23.8 Å². The molecule has 7 heteroatoms. The smallest absolute Gasteiger partial charge is 0.297 e. The van der Waals surface area contributed by atoms with Gasteiger partial charge in [0.05, 0.1) is 11.0 Å². The van der Waals surface area contributed by atoms with Crippen molar-refractivity contribution in [2.24, 2.45) is 0 Å². The highest BCUT2D eigenvalue weighted by Gasteiger charge is 2.17. The minimum atomic E-state index is -3.88. The van der Waals surface area contributed by atoms with E-state index in [-0.39, 0.29) is 11.0 Å². The Balaban J connectivity index is 0.000000423. The van der Waals surface area contributed by atoms with E-state index in [9.17, 15) is 17.7 Å². The van der Waals surface area contributed by atoms with Crippen LogP contribution in [-0.4, -0.2) is 25.2 Å². The second kappa shape index (κ2) is 12.4. The van der Waals surface area contributed by atoms with Crippen molar-refractivity contribution in [2.75, 3.05) is 5.75 Å². The molecule has 4 nitrogen and oxygen atoms in total. The van der Waals surface area contributed by atoms with Gasteiger partial charge in [0.1, 0.15) is 5.78 Å². The maximum Gasteiger partial charge on any atom is 0.297 e. The first kappa shape index (κ1) is 20.9. The molecule has 0 aromatic heterocycles. The average Bonchev–Trinajstić information content (AvgIpc) is 2.46. The molecular formula is C14H27FO4S2. The number of carbonyl (C=O) groups is 1. The van der Waals surface area contributed by atoms with E-state index in [1.807, 2.05) is 0 Å². The summed E-state index contributed by atoms with van der Waals surface area (Å²) in [6, 6.07) is 0. The van der Waals surface area contributed by atoms with Crippen molar-refractivity contribution < 1.29 is 22.1 Å². The second-order valence-corrected chi connectivity index (χ2v) is 7.59. The molecule has 0 aromatic carbocycles. The Morgan fingerprint density at radius 2 is 1.81 bits per heavy atom. The quantitative estimate of drug-likeness (QED) is 0.535. The van der Waals surface area contributed by atoms with E-state index in [1.165, 1.54) is 12.8 Å². The Morgan fingerprint density at radius 1 is 1.19 bits per heavy atom. The van der Waals surface area contributed by atoms with Crippen molar-refractivity contribution in [1.82, 2.24) is 0 Å². The number of hydrogen-bond donors (Lipinski definition) is 1. The molecular weight excluding hydrogens is 315 g/mol. The van der Waals surface area contributed by atoms with Crippen LogP contribution in [-0.2, 0) is 19.3 Å². The van der Waals surface area contributed by atoms with E-state index < -0.39 is 10.1 Å². The summed E-state index contributed by atoms with van der Waals surface area (Å²) in [7, 11) is -3.88. The molecule has 0 aromatic rings. The fraction of sp³-hybridized carbons (Fsp3) is 0.929. The number of thiol groups is 1. The number of carbonyl (C=O) groups excluding carboxylic acids is 1. The molecule has 1 rings (SSSR count). The molecule has 0 spiro atoms. The molecule has 0 saturated heterocycles. The molecule has 1 aliphatic carbocycles. The first-order chi connectivity index (χ1) is 9.93. The molecule has 0 heterocycles. The highest BCUT2D eigenvalue weighted by atomic mass is 32.2. The molecule has 21 heavy (non-hydrogen) atoms. The van der Waals surface area contributed by atoms with Crippen molar-refractivity contribution in [3.63, 3.8) is 0 Å². The third kappa shape index (κ3) is 12.1. The van der Waals surface area contributed by atoms with Crippen LogP contribution in [0, 0.1) is 0 Å². The van der Waals surface area contributed by atoms with Gasteiger partial charge >= 0.3 is 0 Å². The van der Waals surface area contributed by atoms with Crippen molar-refractivity contribution in [1.29, 1.82) is 0 Å². The van der Waals surface area contributed by atoms with Crippen LogP contribution in [0.3, 0.4) is 0 Å². The molecule has 1 atom stereocenters. The lowest BCUT2D eigenvalue weighted by atomic mass is 9.99. The van der Waals surface area contributed by atoms with Gasteiger partial charge in [0.15, 0.2) is 0 Å². The van der Waals surface area contributed by atoms with Gasteiger partial charge in [-0.2, -0.15) is 21.0 Å². The topological polar surface area (TPSA) is 60.4 Å². The minimum Gasteiger partial charge on any atom is -0.298 e. The lowest BCUT2D eigenvalue weighted by molar-refractivity contribution is -0.119. The minimum absolute atomic E-state index is 0.0590. The zero-order valence-corrected chi connectivity index (χ0v) is 14.4. The average molecular weight is 342 g/mol. The Bertz CT molecular complexity index is 371. The van der Waals surface area contributed by atoms with E-state index in [0.717, 1.165) is 44.9 Å². The standard InChI is InChI=1S/C8H17FO3S.C6H10OS/c1-2-3-4-5-6-7-8-13(10,11)12-9;7-5-3-1-2-4-6(5)8/h2-8H2,1H3;6,8H,1-4H2. The molecule has 1 fully saturated rings. The molecule has 0 amide bonds. The van der Waals surface area contributed by atoms with E-state index in [4.69, 9.17) is 0 Å². The molecule has 0 bridgehead atoms. The van der Waals surface area contributed by atoms with Crippen LogP contribution >= 0.6 is 12.6 Å². The maximum atomic E-state index is 11.3. The SMILES string of the molecule is CCCCCCCCS(=O)(=O)OF.O=C1CCCCC1S. The zero-order chi connectivity index (χ0) is 16.1. The molecule has 0 N–H and O–H groups in total. The van der Waals surface area contributed by atoms with Crippen LogP contribution < -0.4 is 0 Å². The van der Waals surface area contributed by atoms with Crippen LogP contribution in [0.25, 0.3) is 0 Å². The largest absolute Gasteiger partial charge is 0.298 e. The number of unbranched alkanes of at least 4 members (excludes halogenated alkanes) is 5. The first-order valence-electron chi connectivity index (χ1n) is 7.66. The van der Waals surface area contributed by atoms with Gasteiger partial charge in [0.2, 0.25) is 0 Å². The fourth-order valence-corrected chi connectivity index (χ4v) is 2.99. The number of ketones is 1. The van der Waals surface area contributed by atoms with Gasteiger partial charge < -0.3 is 0 Å². The second-order valence-electron chi connectivity index (χ2n) is 5.32. The van der Waals surface area contributed by atoms with Gasteiger partial charge in [-0.15, -0.1) is 0 Å². The zero-order valence-electron chi connectivity index (χ0n) is 12.7. The monoisotopic (exact) mass is 342 g/mol. The normalized spacial score (nSPS) is 19.0. The predicted octanol–water partition coefficient (Wildman–Crippen LogP) is 4.01. The van der Waals surface area contributed by atoms with Crippen molar-refractivity contribution in [3.05, 3.63) is 0 Å². The summed E-state index contributed by atoms with van der Waals surface area (Å²) in [5, 5.41) is 0.0590. The number of Topliss-reactive ketones (excluding diaryl/α,β-unsaturated/α-hetero) is 1. The van der Waals surface area contributed by atoms with Crippen LogP contribution in [0.2, 0.25) is 0 Å². The van der Waals surface area contributed by atoms with E-state index in [1.54, 1.807) is 0 Å². The summed E-state index contributed by atoms with van der Waals surface area (Å²) >= 11 is 4.11. The Kier molecular flexibility index (Phi) is 12.3. The van der Waals surface area contributed by atoms with Gasteiger partial charge in [-0.3, -0.25) is 4.79 Å². The van der Waals surface area contributed by atoms with Crippen LogP contribution in [0.15, 0.2) is 0 Å². The van der Waals surface area contributed by atoms with E-state index in [2.05, 4.69) is 23.9 Å². The van der Waals surface area contributed by atoms with Crippen LogP contribution in [0.5, 0.6) is 0 Å². The lowest BCUT2D eigenvalue weighted by Crippen LogP contribution is -2.18. The molecule has 1 unspecified atom stereocenters. The molecule has 126 valence electrons. The van der Waals surface area contributed by atoms with Gasteiger partial charge in [-0.25, -0.2) is 0 Å². The maximum absolute atomic E-state index is 11.3. The Labute approximate surface area is 133 Å².